The van der Waals surface area contributed by atoms with Crippen LogP contribution in [0.1, 0.15) is 5.82 Å². The Bertz CT molecular complexity index is 443. The molecule has 0 atom stereocenters. The number of allylic oxidation sites excluding steroid dienone is 1. The Hall–Kier alpha value is -2.03. The minimum atomic E-state index is 0.739. The topological polar surface area (TPSA) is 54.7 Å². The summed E-state index contributed by atoms with van der Waals surface area (Å²) in [6, 6.07) is 10.1. The first-order valence-corrected chi connectivity index (χ1v) is 4.86. The van der Waals surface area contributed by atoms with Gasteiger partial charge in [-0.15, -0.1) is 0 Å². The maximum absolute atomic E-state index is 5.27. The van der Waals surface area contributed by atoms with Crippen molar-refractivity contribution in [3.63, 3.8) is 0 Å². The van der Waals surface area contributed by atoms with Crippen LogP contribution < -0.4 is 5.73 Å². The molecule has 0 amide bonds. The van der Waals surface area contributed by atoms with E-state index in [1.807, 2.05) is 42.6 Å². The van der Waals surface area contributed by atoms with Crippen LogP contribution >= 0.6 is 0 Å². The third-order valence-corrected chi connectivity index (χ3v) is 2.15. The van der Waals surface area contributed by atoms with Crippen LogP contribution in [0.15, 0.2) is 48.8 Å². The zero-order chi connectivity index (χ0) is 10.5. The fourth-order valence-electron chi connectivity index (χ4n) is 1.40. The Morgan fingerprint density at radius 2 is 2.07 bits per heavy atom. The Labute approximate surface area is 88.7 Å². The second kappa shape index (κ2) is 4.46. The lowest BCUT2D eigenvalue weighted by Gasteiger charge is -1.93. The van der Waals surface area contributed by atoms with Crippen LogP contribution in [0.3, 0.4) is 0 Å². The largest absolute Gasteiger partial charge is 0.405 e. The van der Waals surface area contributed by atoms with E-state index in [9.17, 15) is 0 Å². The summed E-state index contributed by atoms with van der Waals surface area (Å²) in [5.41, 5.74) is 7.36. The molecule has 2 rings (SSSR count). The number of benzene rings is 1. The van der Waals surface area contributed by atoms with Gasteiger partial charge >= 0.3 is 0 Å². The number of nitrogens with zero attached hydrogens (tertiary/aromatic N) is 1. The van der Waals surface area contributed by atoms with Gasteiger partial charge in [-0.2, -0.15) is 0 Å². The quantitative estimate of drug-likeness (QED) is 0.795. The SMILES string of the molecule is NC=CCc1nc(-c2ccccc2)c[nH]1. The van der Waals surface area contributed by atoms with E-state index in [1.54, 1.807) is 0 Å². The number of aromatic nitrogens is 2. The maximum atomic E-state index is 5.27. The van der Waals surface area contributed by atoms with E-state index < -0.39 is 0 Å². The summed E-state index contributed by atoms with van der Waals surface area (Å²) in [4.78, 5) is 7.58. The van der Waals surface area contributed by atoms with Gasteiger partial charge < -0.3 is 10.7 Å². The van der Waals surface area contributed by atoms with Crippen LogP contribution in [0.5, 0.6) is 0 Å². The Morgan fingerprint density at radius 1 is 1.27 bits per heavy atom. The Kier molecular flexibility index (Phi) is 2.83. The van der Waals surface area contributed by atoms with Crippen molar-refractivity contribution in [3.8, 4) is 11.3 Å². The predicted molar refractivity (Wildman–Crippen MR) is 61.1 cm³/mol. The first-order chi connectivity index (χ1) is 7.40. The molecule has 3 heteroatoms. The second-order valence-corrected chi connectivity index (χ2v) is 3.23. The monoisotopic (exact) mass is 199 g/mol. The van der Waals surface area contributed by atoms with Gasteiger partial charge in [-0.25, -0.2) is 4.98 Å². The second-order valence-electron chi connectivity index (χ2n) is 3.23. The standard InChI is InChI=1S/C12H13N3/c13-8-4-7-12-14-9-11(15-12)10-5-2-1-3-6-10/h1-6,8-9H,7,13H2,(H,14,15). The van der Waals surface area contributed by atoms with Crippen molar-refractivity contribution in [2.45, 2.75) is 6.42 Å². The smallest absolute Gasteiger partial charge is 0.110 e. The number of aromatic amines is 1. The molecule has 0 saturated carbocycles. The molecule has 0 spiro atoms. The Morgan fingerprint density at radius 3 is 2.80 bits per heavy atom. The molecule has 76 valence electrons. The highest BCUT2D eigenvalue weighted by Gasteiger charge is 2.01. The molecule has 0 unspecified atom stereocenters. The highest BCUT2D eigenvalue weighted by Crippen LogP contribution is 2.15. The molecule has 1 aromatic carbocycles. The summed E-state index contributed by atoms with van der Waals surface area (Å²) >= 11 is 0. The highest BCUT2D eigenvalue weighted by atomic mass is 14.9. The minimum absolute atomic E-state index is 0.739. The molecular weight excluding hydrogens is 186 g/mol. The van der Waals surface area contributed by atoms with Gasteiger partial charge in [0.05, 0.1) is 5.69 Å². The number of rotatable bonds is 3. The van der Waals surface area contributed by atoms with E-state index in [2.05, 4.69) is 9.97 Å². The zero-order valence-electron chi connectivity index (χ0n) is 8.35. The van der Waals surface area contributed by atoms with Crippen LogP contribution in [-0.2, 0) is 6.42 Å². The van der Waals surface area contributed by atoms with Crippen LogP contribution in [0, 0.1) is 0 Å². The number of imidazole rings is 1. The average molecular weight is 199 g/mol. The molecule has 0 aliphatic carbocycles. The van der Waals surface area contributed by atoms with E-state index in [0.29, 0.717) is 0 Å². The van der Waals surface area contributed by atoms with Crippen molar-refractivity contribution < 1.29 is 0 Å². The molecule has 1 aromatic heterocycles. The normalized spacial score (nSPS) is 10.9. The van der Waals surface area contributed by atoms with Crippen LogP contribution in [0.25, 0.3) is 11.3 Å². The van der Waals surface area contributed by atoms with Crippen LogP contribution in [0.2, 0.25) is 0 Å². The zero-order valence-corrected chi connectivity index (χ0v) is 8.35. The maximum Gasteiger partial charge on any atom is 0.110 e. The molecule has 2 aromatic rings. The first kappa shape index (κ1) is 9.52. The fourth-order valence-corrected chi connectivity index (χ4v) is 1.40. The van der Waals surface area contributed by atoms with Gasteiger partial charge in [0.1, 0.15) is 5.82 Å². The van der Waals surface area contributed by atoms with Gasteiger partial charge in [0.25, 0.3) is 0 Å². The lowest BCUT2D eigenvalue weighted by molar-refractivity contribution is 1.06. The molecule has 0 fully saturated rings. The summed E-state index contributed by atoms with van der Waals surface area (Å²) in [5, 5.41) is 0. The van der Waals surface area contributed by atoms with Gasteiger partial charge in [-0.1, -0.05) is 36.4 Å². The van der Waals surface area contributed by atoms with E-state index in [0.717, 1.165) is 23.5 Å². The Balaban J connectivity index is 2.20. The van der Waals surface area contributed by atoms with Gasteiger partial charge in [-0.3, -0.25) is 0 Å². The molecule has 0 aliphatic heterocycles. The van der Waals surface area contributed by atoms with E-state index in [1.165, 1.54) is 6.20 Å². The van der Waals surface area contributed by atoms with Crippen molar-refractivity contribution >= 4 is 0 Å². The number of nitrogens with one attached hydrogen (secondary N) is 1. The molecule has 3 N–H and O–H groups in total. The van der Waals surface area contributed by atoms with Gasteiger partial charge in [0.15, 0.2) is 0 Å². The number of H-pyrrole nitrogens is 1. The molecule has 0 saturated heterocycles. The van der Waals surface area contributed by atoms with Gasteiger partial charge in [0.2, 0.25) is 0 Å². The van der Waals surface area contributed by atoms with E-state index >= 15 is 0 Å². The van der Waals surface area contributed by atoms with Gasteiger partial charge in [-0.05, 0) is 6.20 Å². The van der Waals surface area contributed by atoms with Crippen molar-refractivity contribution in [1.82, 2.24) is 9.97 Å². The van der Waals surface area contributed by atoms with E-state index in [-0.39, 0.29) is 0 Å². The minimum Gasteiger partial charge on any atom is -0.405 e. The third kappa shape index (κ3) is 2.26. The summed E-state index contributed by atoms with van der Waals surface area (Å²) in [6.45, 7) is 0. The van der Waals surface area contributed by atoms with Gasteiger partial charge in [0, 0.05) is 18.2 Å². The van der Waals surface area contributed by atoms with Crippen molar-refractivity contribution in [2.75, 3.05) is 0 Å². The fraction of sp³-hybridized carbons (Fsp3) is 0.0833. The summed E-state index contributed by atoms with van der Waals surface area (Å²) in [7, 11) is 0. The predicted octanol–water partition coefficient (Wildman–Crippen LogP) is 2.09. The summed E-state index contributed by atoms with van der Waals surface area (Å²) in [5.74, 6) is 0.926. The molecular formula is C12H13N3. The van der Waals surface area contributed by atoms with Crippen molar-refractivity contribution in [3.05, 3.63) is 54.6 Å². The third-order valence-electron chi connectivity index (χ3n) is 2.15. The average Bonchev–Trinajstić information content (AvgIpc) is 2.76. The molecule has 0 bridgehead atoms. The van der Waals surface area contributed by atoms with Crippen LogP contribution in [0.4, 0.5) is 0 Å². The summed E-state index contributed by atoms with van der Waals surface area (Å²) < 4.78 is 0. The molecule has 15 heavy (non-hydrogen) atoms. The number of hydrogen-bond donors (Lipinski definition) is 2. The van der Waals surface area contributed by atoms with Crippen molar-refractivity contribution in [1.29, 1.82) is 0 Å². The molecule has 0 radical (unpaired) electrons. The lowest BCUT2D eigenvalue weighted by atomic mass is 10.2. The molecule has 3 nitrogen and oxygen atoms in total. The lowest BCUT2D eigenvalue weighted by Crippen LogP contribution is -1.86. The number of hydrogen-bond acceptors (Lipinski definition) is 2. The highest BCUT2D eigenvalue weighted by molar-refractivity contribution is 5.57. The molecule has 1 heterocycles. The van der Waals surface area contributed by atoms with E-state index in [4.69, 9.17) is 5.73 Å². The van der Waals surface area contributed by atoms with Crippen LogP contribution in [-0.4, -0.2) is 9.97 Å². The summed E-state index contributed by atoms with van der Waals surface area (Å²) in [6.07, 6.45) is 6.05. The molecule has 0 aliphatic rings. The number of nitrogens with two attached hydrogens (primary N) is 1. The first-order valence-electron chi connectivity index (χ1n) is 4.86. The van der Waals surface area contributed by atoms with Crippen molar-refractivity contribution in [2.24, 2.45) is 5.73 Å².